The van der Waals surface area contributed by atoms with Gasteiger partial charge in [-0.1, -0.05) is 11.6 Å². The van der Waals surface area contributed by atoms with Crippen LogP contribution in [0.25, 0.3) is 0 Å². The van der Waals surface area contributed by atoms with Crippen molar-refractivity contribution in [2.45, 2.75) is 43.7 Å². The Hall–Kier alpha value is -0.640. The van der Waals surface area contributed by atoms with E-state index < -0.39 is 0 Å². The van der Waals surface area contributed by atoms with E-state index in [1.54, 1.807) is 19.2 Å². The predicted molar refractivity (Wildman–Crippen MR) is 76.2 cm³/mol. The number of nitrogens with one attached hydrogen (secondary N) is 1. The fourth-order valence-corrected chi connectivity index (χ4v) is 2.95. The first kappa shape index (κ1) is 14.8. The molecule has 0 aromatic heterocycles. The van der Waals surface area contributed by atoms with Gasteiger partial charge in [0.05, 0.1) is 5.60 Å². The topological polar surface area (TPSA) is 21.3 Å². The van der Waals surface area contributed by atoms with Gasteiger partial charge >= 0.3 is 0 Å². The molecule has 1 fully saturated rings. The first-order valence-electron chi connectivity index (χ1n) is 6.75. The number of ether oxygens (including phenoxy) is 1. The summed E-state index contributed by atoms with van der Waals surface area (Å²) in [5.41, 5.74) is 0.653. The second kappa shape index (κ2) is 6.21. The Labute approximate surface area is 119 Å². The highest BCUT2D eigenvalue weighted by Gasteiger charge is 2.38. The summed E-state index contributed by atoms with van der Waals surface area (Å²) in [5, 5.41) is 3.85. The first-order chi connectivity index (χ1) is 9.08. The van der Waals surface area contributed by atoms with Crippen molar-refractivity contribution < 1.29 is 9.13 Å². The molecule has 0 heterocycles. The van der Waals surface area contributed by atoms with E-state index in [-0.39, 0.29) is 17.5 Å². The molecule has 106 valence electrons. The monoisotopic (exact) mass is 285 g/mol. The SMILES string of the molecule is CNC(Cc1cc(Cl)ccc1F)CC1(OC)CCC1. The Morgan fingerprint density at radius 3 is 2.74 bits per heavy atom. The summed E-state index contributed by atoms with van der Waals surface area (Å²) in [6.07, 6.45) is 4.95. The zero-order chi connectivity index (χ0) is 13.9. The van der Waals surface area contributed by atoms with Crippen molar-refractivity contribution >= 4 is 11.6 Å². The maximum atomic E-state index is 13.8. The number of likely N-dealkylation sites (N-methyl/N-ethyl adjacent to an activating group) is 1. The predicted octanol–water partition coefficient (Wildman–Crippen LogP) is 3.57. The highest BCUT2D eigenvalue weighted by molar-refractivity contribution is 6.30. The Morgan fingerprint density at radius 2 is 2.21 bits per heavy atom. The molecule has 0 spiro atoms. The molecule has 0 aliphatic heterocycles. The number of methoxy groups -OCH3 is 1. The van der Waals surface area contributed by atoms with Gasteiger partial charge in [0.15, 0.2) is 0 Å². The average molecular weight is 286 g/mol. The van der Waals surface area contributed by atoms with Crippen molar-refractivity contribution in [1.82, 2.24) is 5.32 Å². The molecule has 0 amide bonds. The van der Waals surface area contributed by atoms with Crippen LogP contribution in [0.4, 0.5) is 4.39 Å². The fourth-order valence-electron chi connectivity index (χ4n) is 2.75. The molecule has 1 aromatic rings. The molecule has 2 rings (SSSR count). The molecule has 1 N–H and O–H groups in total. The molecule has 1 aliphatic carbocycles. The van der Waals surface area contributed by atoms with Crippen LogP contribution < -0.4 is 5.32 Å². The van der Waals surface area contributed by atoms with E-state index in [1.807, 2.05) is 7.05 Å². The largest absolute Gasteiger partial charge is 0.378 e. The average Bonchev–Trinajstić information content (AvgIpc) is 2.36. The lowest BCUT2D eigenvalue weighted by Crippen LogP contribution is -2.45. The van der Waals surface area contributed by atoms with Gasteiger partial charge in [0.2, 0.25) is 0 Å². The zero-order valence-corrected chi connectivity index (χ0v) is 12.3. The summed E-state index contributed by atoms with van der Waals surface area (Å²) in [6, 6.07) is 4.92. The van der Waals surface area contributed by atoms with Crippen molar-refractivity contribution in [3.63, 3.8) is 0 Å². The van der Waals surface area contributed by atoms with Gasteiger partial charge < -0.3 is 10.1 Å². The third-order valence-corrected chi connectivity index (χ3v) is 4.43. The van der Waals surface area contributed by atoms with Crippen molar-refractivity contribution in [3.8, 4) is 0 Å². The van der Waals surface area contributed by atoms with Crippen LogP contribution >= 0.6 is 11.6 Å². The molecular weight excluding hydrogens is 265 g/mol. The van der Waals surface area contributed by atoms with Crippen molar-refractivity contribution in [3.05, 3.63) is 34.6 Å². The van der Waals surface area contributed by atoms with Crippen LogP contribution in [0.3, 0.4) is 0 Å². The molecule has 1 unspecified atom stereocenters. The molecule has 19 heavy (non-hydrogen) atoms. The summed E-state index contributed by atoms with van der Waals surface area (Å²) >= 11 is 5.93. The Morgan fingerprint density at radius 1 is 1.47 bits per heavy atom. The van der Waals surface area contributed by atoms with Crippen molar-refractivity contribution in [2.24, 2.45) is 0 Å². The van der Waals surface area contributed by atoms with Gasteiger partial charge in [-0.3, -0.25) is 0 Å². The lowest BCUT2D eigenvalue weighted by molar-refractivity contribution is -0.0830. The number of hydrogen-bond acceptors (Lipinski definition) is 2. The number of halogens is 2. The Balaban J connectivity index is 2.04. The van der Waals surface area contributed by atoms with Crippen LogP contribution in [0.2, 0.25) is 5.02 Å². The first-order valence-corrected chi connectivity index (χ1v) is 7.13. The van der Waals surface area contributed by atoms with Gasteiger partial charge in [0.1, 0.15) is 5.82 Å². The quantitative estimate of drug-likeness (QED) is 0.863. The highest BCUT2D eigenvalue weighted by atomic mass is 35.5. The van der Waals surface area contributed by atoms with Crippen molar-refractivity contribution in [2.75, 3.05) is 14.2 Å². The summed E-state index contributed by atoms with van der Waals surface area (Å²) < 4.78 is 19.4. The number of rotatable bonds is 6. The Kier molecular flexibility index (Phi) is 4.82. The second-order valence-electron chi connectivity index (χ2n) is 5.37. The molecule has 1 saturated carbocycles. The van der Waals surface area contributed by atoms with E-state index in [0.29, 0.717) is 17.0 Å². The molecule has 0 radical (unpaired) electrons. The maximum Gasteiger partial charge on any atom is 0.126 e. The molecule has 1 atom stereocenters. The third kappa shape index (κ3) is 3.47. The van der Waals surface area contributed by atoms with Gasteiger partial charge in [-0.25, -0.2) is 4.39 Å². The van der Waals surface area contributed by atoms with Gasteiger partial charge in [0, 0.05) is 18.2 Å². The molecule has 0 saturated heterocycles. The van der Waals surface area contributed by atoms with Crippen LogP contribution in [-0.2, 0) is 11.2 Å². The van der Waals surface area contributed by atoms with Crippen LogP contribution in [0.5, 0.6) is 0 Å². The summed E-state index contributed by atoms with van der Waals surface area (Å²) in [5.74, 6) is -0.190. The summed E-state index contributed by atoms with van der Waals surface area (Å²) in [7, 11) is 3.68. The van der Waals surface area contributed by atoms with Crippen LogP contribution in [0.1, 0.15) is 31.2 Å². The number of hydrogen-bond donors (Lipinski definition) is 1. The van der Waals surface area contributed by atoms with E-state index >= 15 is 0 Å². The van der Waals surface area contributed by atoms with Gasteiger partial charge in [-0.2, -0.15) is 0 Å². The van der Waals surface area contributed by atoms with Gasteiger partial charge in [-0.05, 0) is 62.9 Å². The lowest BCUT2D eigenvalue weighted by atomic mass is 9.75. The van der Waals surface area contributed by atoms with Gasteiger partial charge in [0.25, 0.3) is 0 Å². The molecule has 1 aromatic carbocycles. The van der Waals surface area contributed by atoms with Gasteiger partial charge in [-0.15, -0.1) is 0 Å². The minimum atomic E-state index is -0.190. The lowest BCUT2D eigenvalue weighted by Gasteiger charge is -2.42. The van der Waals surface area contributed by atoms with Crippen molar-refractivity contribution in [1.29, 1.82) is 0 Å². The zero-order valence-electron chi connectivity index (χ0n) is 11.5. The standard InChI is InChI=1S/C15H21ClFNO/c1-18-13(10-15(19-2)6-3-7-15)9-11-8-12(16)4-5-14(11)17/h4-5,8,13,18H,3,6-7,9-10H2,1-2H3. The van der Waals surface area contributed by atoms with E-state index in [2.05, 4.69) is 5.32 Å². The molecular formula is C15H21ClFNO. The van der Waals surface area contributed by atoms with E-state index in [1.165, 1.54) is 12.5 Å². The second-order valence-corrected chi connectivity index (χ2v) is 5.81. The van der Waals surface area contributed by atoms with E-state index in [4.69, 9.17) is 16.3 Å². The smallest absolute Gasteiger partial charge is 0.126 e. The Bertz CT molecular complexity index is 429. The van der Waals surface area contributed by atoms with Crippen LogP contribution in [-0.4, -0.2) is 25.8 Å². The fraction of sp³-hybridized carbons (Fsp3) is 0.600. The summed E-state index contributed by atoms with van der Waals surface area (Å²) in [4.78, 5) is 0. The molecule has 0 bridgehead atoms. The molecule has 1 aliphatic rings. The maximum absolute atomic E-state index is 13.8. The minimum Gasteiger partial charge on any atom is -0.378 e. The molecule has 2 nitrogen and oxygen atoms in total. The normalized spacial score (nSPS) is 18.9. The summed E-state index contributed by atoms with van der Waals surface area (Å²) in [6.45, 7) is 0. The van der Waals surface area contributed by atoms with E-state index in [0.717, 1.165) is 19.3 Å². The van der Waals surface area contributed by atoms with E-state index in [9.17, 15) is 4.39 Å². The minimum absolute atomic E-state index is 0.0112. The van der Waals surface area contributed by atoms with Crippen LogP contribution in [0.15, 0.2) is 18.2 Å². The van der Waals surface area contributed by atoms with Crippen LogP contribution in [0, 0.1) is 5.82 Å². The number of benzene rings is 1. The third-order valence-electron chi connectivity index (χ3n) is 4.20. The highest BCUT2D eigenvalue weighted by Crippen LogP contribution is 2.39. The molecule has 4 heteroatoms.